The molecule has 1 heterocycles. The molecule has 0 spiro atoms. The van der Waals surface area contributed by atoms with Crippen molar-refractivity contribution in [1.29, 1.82) is 0 Å². The zero-order valence-electron chi connectivity index (χ0n) is 11.9. The molecule has 112 valence electrons. The van der Waals surface area contributed by atoms with Crippen molar-refractivity contribution in [2.24, 2.45) is 0 Å². The van der Waals surface area contributed by atoms with E-state index in [1.54, 1.807) is 26.0 Å². The summed E-state index contributed by atoms with van der Waals surface area (Å²) < 4.78 is 12.8. The quantitative estimate of drug-likeness (QED) is 0.891. The van der Waals surface area contributed by atoms with Crippen molar-refractivity contribution >= 4 is 17.2 Å². The fraction of sp³-hybridized carbons (Fsp3) is 0.333. The molecule has 2 aromatic rings. The second-order valence-corrected chi connectivity index (χ2v) is 6.53. The van der Waals surface area contributed by atoms with Gasteiger partial charge in [-0.3, -0.25) is 4.79 Å². The highest BCUT2D eigenvalue weighted by molar-refractivity contribution is 7.13. The Morgan fingerprint density at radius 2 is 2.05 bits per heavy atom. The summed E-state index contributed by atoms with van der Waals surface area (Å²) in [7, 11) is 0. The Balaban J connectivity index is 2.04. The number of aliphatic hydroxyl groups is 1. The highest BCUT2D eigenvalue weighted by Gasteiger charge is 2.21. The van der Waals surface area contributed by atoms with Crippen LogP contribution in [0.1, 0.15) is 34.1 Å². The fourth-order valence-corrected chi connectivity index (χ4v) is 2.53. The van der Waals surface area contributed by atoms with Crippen molar-refractivity contribution in [3.63, 3.8) is 0 Å². The van der Waals surface area contributed by atoms with E-state index in [4.69, 9.17) is 5.11 Å². The molecule has 1 aromatic carbocycles. The van der Waals surface area contributed by atoms with Crippen molar-refractivity contribution in [2.45, 2.75) is 25.8 Å². The lowest BCUT2D eigenvalue weighted by Crippen LogP contribution is -2.46. The fourth-order valence-electron chi connectivity index (χ4n) is 1.68. The predicted molar refractivity (Wildman–Crippen MR) is 80.0 cm³/mol. The number of hydrogen-bond donors (Lipinski definition) is 2. The molecule has 0 saturated heterocycles. The number of hydrogen-bond acceptors (Lipinski definition) is 4. The molecule has 2 N–H and O–H groups in total. The van der Waals surface area contributed by atoms with Gasteiger partial charge in [-0.05, 0) is 31.5 Å². The molecule has 4 nitrogen and oxygen atoms in total. The molecule has 6 heteroatoms. The monoisotopic (exact) mass is 308 g/mol. The van der Waals surface area contributed by atoms with Crippen LogP contribution in [0, 0.1) is 5.82 Å². The minimum atomic E-state index is -0.668. The minimum Gasteiger partial charge on any atom is -0.394 e. The number of rotatable bonds is 5. The number of aliphatic hydroxyl groups excluding tert-OH is 1. The minimum absolute atomic E-state index is 0.139. The van der Waals surface area contributed by atoms with Gasteiger partial charge in [-0.2, -0.15) is 0 Å². The van der Waals surface area contributed by atoms with Gasteiger partial charge in [0.25, 0.3) is 5.91 Å². The Kier molecular flexibility index (Phi) is 4.69. The lowest BCUT2D eigenvalue weighted by atomic mass is 10.1. The third-order valence-electron chi connectivity index (χ3n) is 2.89. The number of nitrogens with zero attached hydrogens (tertiary/aromatic N) is 1. The summed E-state index contributed by atoms with van der Waals surface area (Å²) in [6.45, 7) is 3.34. The molecule has 1 amide bonds. The molecule has 0 bridgehead atoms. The zero-order valence-corrected chi connectivity index (χ0v) is 12.7. The zero-order chi connectivity index (χ0) is 15.5. The van der Waals surface area contributed by atoms with Crippen molar-refractivity contribution in [3.05, 3.63) is 51.7 Å². The van der Waals surface area contributed by atoms with Gasteiger partial charge in [-0.1, -0.05) is 12.1 Å². The average Bonchev–Trinajstić information content (AvgIpc) is 2.90. The van der Waals surface area contributed by atoms with E-state index in [-0.39, 0.29) is 18.3 Å². The molecule has 0 fully saturated rings. The largest absolute Gasteiger partial charge is 0.394 e. The van der Waals surface area contributed by atoms with E-state index in [9.17, 15) is 9.18 Å². The third-order valence-corrected chi connectivity index (χ3v) is 3.89. The van der Waals surface area contributed by atoms with Crippen LogP contribution in [0.15, 0.2) is 30.5 Å². The lowest BCUT2D eigenvalue weighted by molar-refractivity contribution is 0.0873. The van der Waals surface area contributed by atoms with E-state index in [0.717, 1.165) is 10.6 Å². The van der Waals surface area contributed by atoms with Crippen LogP contribution in [0.3, 0.4) is 0 Å². The van der Waals surface area contributed by atoms with Gasteiger partial charge in [0.05, 0.1) is 23.4 Å². The summed E-state index contributed by atoms with van der Waals surface area (Å²) in [4.78, 5) is 16.7. The van der Waals surface area contributed by atoms with Crippen molar-refractivity contribution < 1.29 is 14.3 Å². The predicted octanol–water partition coefficient (Wildman–Crippen LogP) is 2.37. The van der Waals surface area contributed by atoms with E-state index in [0.29, 0.717) is 11.3 Å². The summed E-state index contributed by atoms with van der Waals surface area (Å²) in [6, 6.07) is 6.21. The number of benzene rings is 1. The van der Waals surface area contributed by atoms with Gasteiger partial charge in [-0.25, -0.2) is 9.37 Å². The van der Waals surface area contributed by atoms with Gasteiger partial charge < -0.3 is 10.4 Å². The molecule has 0 aliphatic carbocycles. The van der Waals surface area contributed by atoms with Crippen molar-refractivity contribution in [1.82, 2.24) is 10.3 Å². The first-order valence-electron chi connectivity index (χ1n) is 6.52. The molecule has 0 saturated carbocycles. The van der Waals surface area contributed by atoms with Crippen molar-refractivity contribution in [3.8, 4) is 0 Å². The van der Waals surface area contributed by atoms with E-state index in [1.807, 2.05) is 0 Å². The van der Waals surface area contributed by atoms with Crippen LogP contribution < -0.4 is 5.32 Å². The first-order chi connectivity index (χ1) is 9.89. The van der Waals surface area contributed by atoms with Gasteiger partial charge in [-0.15, -0.1) is 11.3 Å². The van der Waals surface area contributed by atoms with Gasteiger partial charge in [0.2, 0.25) is 0 Å². The maximum atomic E-state index is 12.8. The third kappa shape index (κ3) is 4.34. The highest BCUT2D eigenvalue weighted by atomic mass is 32.1. The highest BCUT2D eigenvalue weighted by Crippen LogP contribution is 2.18. The van der Waals surface area contributed by atoms with E-state index < -0.39 is 5.54 Å². The lowest BCUT2D eigenvalue weighted by Gasteiger charge is -2.22. The average molecular weight is 308 g/mol. The summed E-state index contributed by atoms with van der Waals surface area (Å²) in [5, 5.41) is 12.7. The van der Waals surface area contributed by atoms with Crippen LogP contribution >= 0.6 is 11.3 Å². The maximum Gasteiger partial charge on any atom is 0.263 e. The summed E-state index contributed by atoms with van der Waals surface area (Å²) in [5.41, 5.74) is 0.270. The molecule has 0 unspecified atom stereocenters. The Labute approximate surface area is 126 Å². The summed E-state index contributed by atoms with van der Waals surface area (Å²) >= 11 is 1.29. The standard InChI is InChI=1S/C15H17FN2O2S/c1-15(2,9-19)18-14(20)12-8-17-13(21-12)7-10-3-5-11(16)6-4-10/h3-6,8,19H,7,9H2,1-2H3,(H,18,20). The SMILES string of the molecule is CC(C)(CO)NC(=O)c1cnc(Cc2ccc(F)cc2)s1. The Hall–Kier alpha value is -1.79. The summed E-state index contributed by atoms with van der Waals surface area (Å²) in [5.74, 6) is -0.527. The first-order valence-corrected chi connectivity index (χ1v) is 7.34. The molecule has 2 rings (SSSR count). The number of amides is 1. The molecular formula is C15H17FN2O2S. The molecule has 0 atom stereocenters. The maximum absolute atomic E-state index is 12.8. The molecule has 0 aliphatic rings. The smallest absolute Gasteiger partial charge is 0.263 e. The van der Waals surface area contributed by atoms with Crippen LogP contribution in [0.2, 0.25) is 0 Å². The first kappa shape index (κ1) is 15.6. The van der Waals surface area contributed by atoms with Crippen LogP contribution in [-0.4, -0.2) is 28.1 Å². The van der Waals surface area contributed by atoms with Gasteiger partial charge >= 0.3 is 0 Å². The second kappa shape index (κ2) is 6.32. The Bertz CT molecular complexity index is 623. The molecule has 0 aliphatic heterocycles. The Morgan fingerprint density at radius 1 is 1.38 bits per heavy atom. The number of carbonyl (C=O) groups excluding carboxylic acids is 1. The topological polar surface area (TPSA) is 62.2 Å². The number of nitrogens with one attached hydrogen (secondary N) is 1. The van der Waals surface area contributed by atoms with Crippen LogP contribution in [0.5, 0.6) is 0 Å². The molecule has 1 aromatic heterocycles. The van der Waals surface area contributed by atoms with Gasteiger partial charge in [0.15, 0.2) is 0 Å². The van der Waals surface area contributed by atoms with Crippen LogP contribution in [0.25, 0.3) is 0 Å². The van der Waals surface area contributed by atoms with Gasteiger partial charge in [0.1, 0.15) is 10.7 Å². The Morgan fingerprint density at radius 3 is 2.67 bits per heavy atom. The van der Waals surface area contributed by atoms with Crippen LogP contribution in [-0.2, 0) is 6.42 Å². The number of carbonyl (C=O) groups is 1. The molecular weight excluding hydrogens is 291 g/mol. The summed E-state index contributed by atoms with van der Waals surface area (Å²) in [6.07, 6.45) is 2.08. The number of aromatic nitrogens is 1. The molecule has 0 radical (unpaired) electrons. The van der Waals surface area contributed by atoms with Gasteiger partial charge in [0, 0.05) is 6.42 Å². The normalized spacial score (nSPS) is 11.4. The van der Waals surface area contributed by atoms with E-state index >= 15 is 0 Å². The number of halogens is 1. The second-order valence-electron chi connectivity index (χ2n) is 5.42. The van der Waals surface area contributed by atoms with Crippen molar-refractivity contribution in [2.75, 3.05) is 6.61 Å². The van der Waals surface area contributed by atoms with E-state index in [2.05, 4.69) is 10.3 Å². The molecule has 21 heavy (non-hydrogen) atoms. The van der Waals surface area contributed by atoms with Crippen LogP contribution in [0.4, 0.5) is 4.39 Å². The number of thiazole rings is 1. The van der Waals surface area contributed by atoms with E-state index in [1.165, 1.54) is 29.7 Å².